The van der Waals surface area contributed by atoms with Gasteiger partial charge in [-0.25, -0.2) is 0 Å². The van der Waals surface area contributed by atoms with Gasteiger partial charge in [0.15, 0.2) is 0 Å². The molecule has 0 saturated heterocycles. The van der Waals surface area contributed by atoms with Crippen molar-refractivity contribution in [2.75, 3.05) is 0 Å². The average molecular weight is 371 g/mol. The number of nitro benzene ring substituents is 1. The van der Waals surface area contributed by atoms with Crippen molar-refractivity contribution in [3.63, 3.8) is 0 Å². The SMILES string of the molecule is O=[N+]([O-])c1ccc(C(F)(F)F)cc1-c1cc(Cl)c(Cl)cc1Cl. The highest BCUT2D eigenvalue weighted by Gasteiger charge is 2.33. The maximum atomic E-state index is 12.8. The molecule has 0 amide bonds. The van der Waals surface area contributed by atoms with Gasteiger partial charge in [0.1, 0.15) is 0 Å². The Labute approximate surface area is 137 Å². The summed E-state index contributed by atoms with van der Waals surface area (Å²) in [5, 5.41) is 11.1. The molecule has 2 aromatic carbocycles. The summed E-state index contributed by atoms with van der Waals surface area (Å²) in [6.07, 6.45) is -4.65. The molecule has 0 saturated carbocycles. The van der Waals surface area contributed by atoms with E-state index in [1.165, 1.54) is 12.1 Å². The number of alkyl halides is 3. The van der Waals surface area contributed by atoms with Crippen LogP contribution in [0.4, 0.5) is 18.9 Å². The Bertz CT molecular complexity index is 763. The number of hydrogen-bond acceptors (Lipinski definition) is 2. The molecule has 0 heterocycles. The molecule has 0 aliphatic carbocycles. The van der Waals surface area contributed by atoms with Crippen molar-refractivity contribution in [2.24, 2.45) is 0 Å². The molecule has 0 N–H and O–H groups in total. The third-order valence-electron chi connectivity index (χ3n) is 2.82. The first-order valence-corrected chi connectivity index (χ1v) is 6.75. The van der Waals surface area contributed by atoms with Crippen LogP contribution in [0.15, 0.2) is 30.3 Å². The first-order chi connectivity index (χ1) is 10.1. The fourth-order valence-corrected chi connectivity index (χ4v) is 2.46. The highest BCUT2D eigenvalue weighted by molar-refractivity contribution is 6.44. The van der Waals surface area contributed by atoms with E-state index < -0.39 is 22.4 Å². The fourth-order valence-electron chi connectivity index (χ4n) is 1.82. The van der Waals surface area contributed by atoms with Crippen LogP contribution in [0.5, 0.6) is 0 Å². The number of nitro groups is 1. The van der Waals surface area contributed by atoms with Crippen molar-refractivity contribution in [2.45, 2.75) is 6.18 Å². The molecule has 22 heavy (non-hydrogen) atoms. The lowest BCUT2D eigenvalue weighted by Crippen LogP contribution is -2.06. The lowest BCUT2D eigenvalue weighted by molar-refractivity contribution is -0.384. The number of nitrogens with zero attached hydrogens (tertiary/aromatic N) is 1. The summed E-state index contributed by atoms with van der Waals surface area (Å²) >= 11 is 17.5. The van der Waals surface area contributed by atoms with Crippen molar-refractivity contribution < 1.29 is 18.1 Å². The Hall–Kier alpha value is -1.50. The molecular weight excluding hydrogens is 366 g/mol. The Morgan fingerprint density at radius 3 is 2.05 bits per heavy atom. The minimum Gasteiger partial charge on any atom is -0.258 e. The van der Waals surface area contributed by atoms with Gasteiger partial charge in [0.05, 0.1) is 31.1 Å². The lowest BCUT2D eigenvalue weighted by atomic mass is 10.0. The summed E-state index contributed by atoms with van der Waals surface area (Å²) in [6, 6.07) is 4.47. The zero-order valence-electron chi connectivity index (χ0n) is 10.4. The summed E-state index contributed by atoms with van der Waals surface area (Å²) in [5.41, 5.74) is -1.85. The fraction of sp³-hybridized carbons (Fsp3) is 0.0769. The van der Waals surface area contributed by atoms with E-state index >= 15 is 0 Å². The molecule has 3 nitrogen and oxygen atoms in total. The van der Waals surface area contributed by atoms with E-state index in [0.29, 0.717) is 12.1 Å². The van der Waals surface area contributed by atoms with Gasteiger partial charge in [0, 0.05) is 11.6 Å². The van der Waals surface area contributed by atoms with Crippen LogP contribution in [-0.2, 0) is 6.18 Å². The van der Waals surface area contributed by atoms with E-state index in [9.17, 15) is 23.3 Å². The van der Waals surface area contributed by atoms with Crippen molar-refractivity contribution in [1.29, 1.82) is 0 Å². The molecular formula is C13H5Cl3F3NO2. The molecule has 0 aromatic heterocycles. The largest absolute Gasteiger partial charge is 0.416 e. The van der Waals surface area contributed by atoms with Crippen molar-refractivity contribution in [1.82, 2.24) is 0 Å². The molecule has 0 aliphatic heterocycles. The minimum absolute atomic E-state index is 0.00568. The smallest absolute Gasteiger partial charge is 0.258 e. The maximum absolute atomic E-state index is 12.8. The minimum atomic E-state index is -4.65. The normalized spacial score (nSPS) is 11.5. The Balaban J connectivity index is 2.77. The van der Waals surface area contributed by atoms with Gasteiger partial charge in [-0.1, -0.05) is 34.8 Å². The van der Waals surface area contributed by atoms with Gasteiger partial charge < -0.3 is 0 Å². The van der Waals surface area contributed by atoms with E-state index in [-0.39, 0.29) is 26.2 Å². The van der Waals surface area contributed by atoms with Crippen LogP contribution in [0.2, 0.25) is 15.1 Å². The number of hydrogen-bond donors (Lipinski definition) is 0. The first-order valence-electron chi connectivity index (χ1n) is 5.62. The second-order valence-corrected chi connectivity index (χ2v) is 5.45. The first kappa shape index (κ1) is 16.9. The summed E-state index contributed by atoms with van der Waals surface area (Å²) in [5.74, 6) is 0. The van der Waals surface area contributed by atoms with E-state index in [4.69, 9.17) is 34.8 Å². The molecule has 0 spiro atoms. The Morgan fingerprint density at radius 2 is 1.50 bits per heavy atom. The van der Waals surface area contributed by atoms with Crippen molar-refractivity contribution in [3.8, 4) is 11.1 Å². The zero-order valence-corrected chi connectivity index (χ0v) is 12.7. The van der Waals surface area contributed by atoms with Crippen LogP contribution in [0.3, 0.4) is 0 Å². The molecule has 0 atom stereocenters. The lowest BCUT2D eigenvalue weighted by Gasteiger charge is -2.11. The summed E-state index contributed by atoms with van der Waals surface area (Å²) in [4.78, 5) is 10.2. The third kappa shape index (κ3) is 3.29. The summed E-state index contributed by atoms with van der Waals surface area (Å²) < 4.78 is 38.4. The van der Waals surface area contributed by atoms with Gasteiger partial charge in [-0.2, -0.15) is 13.2 Å². The molecule has 2 rings (SSSR count). The highest BCUT2D eigenvalue weighted by atomic mass is 35.5. The third-order valence-corrected chi connectivity index (χ3v) is 3.86. The Morgan fingerprint density at radius 1 is 0.909 bits per heavy atom. The van der Waals surface area contributed by atoms with Crippen LogP contribution in [0, 0.1) is 10.1 Å². The van der Waals surface area contributed by atoms with Crippen LogP contribution in [-0.4, -0.2) is 4.92 Å². The standard InChI is InChI=1S/C13H5Cl3F3NO2/c14-9-5-11(16)10(15)4-7(9)8-3-6(13(17,18)19)1-2-12(8)20(21)22/h1-5H. The maximum Gasteiger partial charge on any atom is 0.416 e. The molecule has 0 bridgehead atoms. The van der Waals surface area contributed by atoms with Crippen LogP contribution in [0.1, 0.15) is 5.56 Å². The quantitative estimate of drug-likeness (QED) is 0.357. The molecule has 9 heteroatoms. The number of benzene rings is 2. The van der Waals surface area contributed by atoms with Crippen LogP contribution >= 0.6 is 34.8 Å². The molecule has 2 aromatic rings. The van der Waals surface area contributed by atoms with Crippen LogP contribution in [0.25, 0.3) is 11.1 Å². The second-order valence-electron chi connectivity index (χ2n) is 4.23. The van der Waals surface area contributed by atoms with Gasteiger partial charge >= 0.3 is 6.18 Å². The van der Waals surface area contributed by atoms with E-state index in [0.717, 1.165) is 6.07 Å². The number of rotatable bonds is 2. The van der Waals surface area contributed by atoms with E-state index in [2.05, 4.69) is 0 Å². The average Bonchev–Trinajstić information content (AvgIpc) is 2.41. The highest BCUT2D eigenvalue weighted by Crippen LogP contribution is 2.41. The predicted molar refractivity (Wildman–Crippen MR) is 78.6 cm³/mol. The van der Waals surface area contributed by atoms with Gasteiger partial charge in [0.25, 0.3) is 5.69 Å². The molecule has 0 aliphatic rings. The molecule has 0 unspecified atom stereocenters. The molecule has 116 valence electrons. The van der Waals surface area contributed by atoms with Crippen LogP contribution < -0.4 is 0 Å². The van der Waals surface area contributed by atoms with Gasteiger partial charge in [-0.05, 0) is 24.3 Å². The van der Waals surface area contributed by atoms with Gasteiger partial charge in [-0.15, -0.1) is 0 Å². The van der Waals surface area contributed by atoms with Gasteiger partial charge in [-0.3, -0.25) is 10.1 Å². The number of halogens is 6. The van der Waals surface area contributed by atoms with E-state index in [1.807, 2.05) is 0 Å². The zero-order chi connectivity index (χ0) is 16.7. The van der Waals surface area contributed by atoms with E-state index in [1.54, 1.807) is 0 Å². The topological polar surface area (TPSA) is 43.1 Å². The summed E-state index contributed by atoms with van der Waals surface area (Å²) in [6.45, 7) is 0. The Kier molecular flexibility index (Phi) is 4.56. The monoisotopic (exact) mass is 369 g/mol. The van der Waals surface area contributed by atoms with Crippen molar-refractivity contribution in [3.05, 3.63) is 61.1 Å². The van der Waals surface area contributed by atoms with Crippen molar-refractivity contribution >= 4 is 40.5 Å². The summed E-state index contributed by atoms with van der Waals surface area (Å²) in [7, 11) is 0. The predicted octanol–water partition coefficient (Wildman–Crippen LogP) is 6.24. The van der Waals surface area contributed by atoms with Gasteiger partial charge in [0.2, 0.25) is 0 Å². The molecule has 0 fully saturated rings. The second kappa shape index (κ2) is 5.95. The molecule has 0 radical (unpaired) electrons.